The lowest BCUT2D eigenvalue weighted by molar-refractivity contribution is 0.460. The molecule has 2 N–H and O–H groups in total. The molecular weight excluding hydrogens is 208 g/mol. The van der Waals surface area contributed by atoms with Crippen LogP contribution >= 0.6 is 0 Å². The minimum atomic E-state index is 0.799. The molecular formula is C15H24N2. The van der Waals surface area contributed by atoms with Gasteiger partial charge in [-0.2, -0.15) is 0 Å². The van der Waals surface area contributed by atoms with Gasteiger partial charge in [0.1, 0.15) is 0 Å². The number of rotatable bonds is 1. The van der Waals surface area contributed by atoms with E-state index in [1.165, 1.54) is 57.4 Å². The molecule has 1 aromatic carbocycles. The Balaban J connectivity index is 0.000000181. The minimum absolute atomic E-state index is 0.799. The maximum absolute atomic E-state index is 3.38. The third kappa shape index (κ3) is 4.49. The minimum Gasteiger partial charge on any atom is -0.317 e. The second-order valence-corrected chi connectivity index (χ2v) is 4.89. The molecule has 0 amide bonds. The van der Waals surface area contributed by atoms with Crippen molar-refractivity contribution in [3.05, 3.63) is 35.9 Å². The fraction of sp³-hybridized carbons (Fsp3) is 0.600. The Labute approximate surface area is 105 Å². The molecule has 0 bridgehead atoms. The summed E-state index contributed by atoms with van der Waals surface area (Å²) in [6.07, 6.45) is 5.37. The summed E-state index contributed by atoms with van der Waals surface area (Å²) in [7, 11) is 0. The summed E-state index contributed by atoms with van der Waals surface area (Å²) in [6.45, 7) is 4.86. The summed E-state index contributed by atoms with van der Waals surface area (Å²) in [4.78, 5) is 0. The average Bonchev–Trinajstić information content (AvgIpc) is 3.00. The van der Waals surface area contributed by atoms with Gasteiger partial charge in [0.15, 0.2) is 0 Å². The van der Waals surface area contributed by atoms with Crippen LogP contribution < -0.4 is 10.6 Å². The van der Waals surface area contributed by atoms with Crippen LogP contribution in [0.15, 0.2) is 30.3 Å². The summed E-state index contributed by atoms with van der Waals surface area (Å²) in [5.41, 5.74) is 1.51. The molecule has 94 valence electrons. The normalized spacial score (nSPS) is 20.7. The lowest BCUT2D eigenvalue weighted by Gasteiger charge is -2.22. The number of hydrogen-bond acceptors (Lipinski definition) is 2. The molecule has 0 radical (unpaired) electrons. The molecule has 0 aliphatic carbocycles. The Bertz CT molecular complexity index is 279. The van der Waals surface area contributed by atoms with Gasteiger partial charge in [0, 0.05) is 0 Å². The van der Waals surface area contributed by atoms with E-state index < -0.39 is 0 Å². The van der Waals surface area contributed by atoms with Gasteiger partial charge in [0.25, 0.3) is 0 Å². The van der Waals surface area contributed by atoms with Crippen LogP contribution in [0.5, 0.6) is 0 Å². The lowest BCUT2D eigenvalue weighted by Crippen LogP contribution is -2.26. The summed E-state index contributed by atoms with van der Waals surface area (Å²) in [5.74, 6) is 0.799. The highest BCUT2D eigenvalue weighted by atomic mass is 14.9. The molecule has 3 rings (SSSR count). The first-order valence-corrected chi connectivity index (χ1v) is 6.93. The van der Waals surface area contributed by atoms with Gasteiger partial charge in [0.05, 0.1) is 0 Å². The van der Waals surface area contributed by atoms with E-state index in [1.54, 1.807) is 0 Å². The fourth-order valence-corrected chi connectivity index (χ4v) is 2.51. The zero-order chi connectivity index (χ0) is 11.8. The quantitative estimate of drug-likeness (QED) is 0.777. The van der Waals surface area contributed by atoms with E-state index in [9.17, 15) is 0 Å². The molecule has 2 heteroatoms. The first kappa shape index (κ1) is 12.6. The molecule has 17 heavy (non-hydrogen) atoms. The third-order valence-electron chi connectivity index (χ3n) is 3.57. The largest absolute Gasteiger partial charge is 0.317 e. The van der Waals surface area contributed by atoms with Crippen LogP contribution in [-0.2, 0) is 0 Å². The Morgan fingerprint density at radius 3 is 1.88 bits per heavy atom. The van der Waals surface area contributed by atoms with Crippen molar-refractivity contribution in [2.24, 2.45) is 0 Å². The summed E-state index contributed by atoms with van der Waals surface area (Å²) in [6, 6.07) is 10.9. The van der Waals surface area contributed by atoms with Gasteiger partial charge in [-0.25, -0.2) is 0 Å². The number of nitrogens with one attached hydrogen (secondary N) is 2. The van der Waals surface area contributed by atoms with E-state index in [0.717, 1.165) is 5.92 Å². The molecule has 0 saturated carbocycles. The van der Waals surface area contributed by atoms with Gasteiger partial charge < -0.3 is 10.6 Å². The van der Waals surface area contributed by atoms with Crippen LogP contribution in [0.2, 0.25) is 0 Å². The van der Waals surface area contributed by atoms with Crippen molar-refractivity contribution in [3.63, 3.8) is 0 Å². The van der Waals surface area contributed by atoms with Gasteiger partial charge in [0.2, 0.25) is 0 Å². The van der Waals surface area contributed by atoms with E-state index in [4.69, 9.17) is 0 Å². The molecule has 2 heterocycles. The Hall–Kier alpha value is -0.860. The van der Waals surface area contributed by atoms with E-state index in [-0.39, 0.29) is 0 Å². The SMILES string of the molecule is C1CCNC1.c1ccc(C2CCNCC2)cc1. The Morgan fingerprint density at radius 1 is 0.765 bits per heavy atom. The van der Waals surface area contributed by atoms with E-state index in [0.29, 0.717) is 0 Å². The van der Waals surface area contributed by atoms with Crippen molar-refractivity contribution in [1.29, 1.82) is 0 Å². The molecule has 0 unspecified atom stereocenters. The molecule has 0 atom stereocenters. The zero-order valence-electron chi connectivity index (χ0n) is 10.6. The number of hydrogen-bond donors (Lipinski definition) is 2. The molecule has 2 fully saturated rings. The molecule has 2 nitrogen and oxygen atoms in total. The molecule has 2 aliphatic rings. The van der Waals surface area contributed by atoms with Gasteiger partial charge in [-0.3, -0.25) is 0 Å². The molecule has 0 spiro atoms. The topological polar surface area (TPSA) is 24.1 Å². The van der Waals surface area contributed by atoms with Crippen molar-refractivity contribution >= 4 is 0 Å². The van der Waals surface area contributed by atoms with Crippen LogP contribution in [-0.4, -0.2) is 26.2 Å². The Morgan fingerprint density at radius 2 is 1.35 bits per heavy atom. The molecule has 0 aromatic heterocycles. The highest BCUT2D eigenvalue weighted by molar-refractivity contribution is 5.19. The van der Waals surface area contributed by atoms with Crippen molar-refractivity contribution in [1.82, 2.24) is 10.6 Å². The maximum atomic E-state index is 3.38. The molecule has 2 saturated heterocycles. The predicted octanol–water partition coefficient (Wildman–Crippen LogP) is 2.52. The third-order valence-corrected chi connectivity index (χ3v) is 3.57. The second-order valence-electron chi connectivity index (χ2n) is 4.89. The van der Waals surface area contributed by atoms with Crippen LogP contribution in [0.4, 0.5) is 0 Å². The maximum Gasteiger partial charge on any atom is -0.00431 e. The number of piperidine rings is 1. The van der Waals surface area contributed by atoms with Crippen molar-refractivity contribution in [2.75, 3.05) is 26.2 Å². The predicted molar refractivity (Wildman–Crippen MR) is 73.4 cm³/mol. The lowest BCUT2D eigenvalue weighted by atomic mass is 9.90. The van der Waals surface area contributed by atoms with Crippen LogP contribution in [0.25, 0.3) is 0 Å². The summed E-state index contributed by atoms with van der Waals surface area (Å²) >= 11 is 0. The van der Waals surface area contributed by atoms with Crippen LogP contribution in [0.1, 0.15) is 37.2 Å². The average molecular weight is 232 g/mol. The van der Waals surface area contributed by atoms with Gasteiger partial charge in [-0.15, -0.1) is 0 Å². The highest BCUT2D eigenvalue weighted by Crippen LogP contribution is 2.24. The number of benzene rings is 1. The smallest absolute Gasteiger partial charge is 0.00431 e. The Kier molecular flexibility index (Phi) is 5.53. The van der Waals surface area contributed by atoms with E-state index in [2.05, 4.69) is 41.0 Å². The summed E-state index contributed by atoms with van der Waals surface area (Å²) in [5, 5.41) is 6.61. The highest BCUT2D eigenvalue weighted by Gasteiger charge is 2.13. The van der Waals surface area contributed by atoms with Crippen LogP contribution in [0, 0.1) is 0 Å². The van der Waals surface area contributed by atoms with Crippen molar-refractivity contribution in [2.45, 2.75) is 31.6 Å². The standard InChI is InChI=1S/C11H15N.C4H9N/c1-2-4-10(5-3-1)11-6-8-12-9-7-11;1-2-4-5-3-1/h1-5,11-12H,6-9H2;5H,1-4H2. The zero-order valence-corrected chi connectivity index (χ0v) is 10.6. The first-order valence-electron chi connectivity index (χ1n) is 6.93. The van der Waals surface area contributed by atoms with E-state index in [1.807, 2.05) is 0 Å². The van der Waals surface area contributed by atoms with Gasteiger partial charge in [-0.05, 0) is 63.3 Å². The second kappa shape index (κ2) is 7.46. The fourth-order valence-electron chi connectivity index (χ4n) is 2.51. The van der Waals surface area contributed by atoms with E-state index >= 15 is 0 Å². The summed E-state index contributed by atoms with van der Waals surface area (Å²) < 4.78 is 0. The van der Waals surface area contributed by atoms with Crippen molar-refractivity contribution in [3.8, 4) is 0 Å². The monoisotopic (exact) mass is 232 g/mol. The first-order chi connectivity index (χ1) is 8.47. The van der Waals surface area contributed by atoms with Crippen LogP contribution in [0.3, 0.4) is 0 Å². The molecule has 1 aromatic rings. The molecule has 2 aliphatic heterocycles. The van der Waals surface area contributed by atoms with Crippen molar-refractivity contribution < 1.29 is 0 Å². The van der Waals surface area contributed by atoms with Gasteiger partial charge >= 0.3 is 0 Å². The van der Waals surface area contributed by atoms with Gasteiger partial charge in [-0.1, -0.05) is 30.3 Å².